The highest BCUT2D eigenvalue weighted by atomic mass is 32.2. The topological polar surface area (TPSA) is 75.7 Å². The van der Waals surface area contributed by atoms with E-state index in [0.29, 0.717) is 30.6 Å². The second-order valence-electron chi connectivity index (χ2n) is 8.11. The van der Waals surface area contributed by atoms with E-state index < -0.39 is 10.0 Å². The largest absolute Gasteiger partial charge is 0.496 e. The Morgan fingerprint density at radius 1 is 1.06 bits per heavy atom. The van der Waals surface area contributed by atoms with Gasteiger partial charge >= 0.3 is 0 Å². The lowest BCUT2D eigenvalue weighted by atomic mass is 10.0. The zero-order valence-electron chi connectivity index (χ0n) is 18.8. The number of methoxy groups -OCH3 is 1. The molecule has 0 unspecified atom stereocenters. The minimum absolute atomic E-state index is 0.180. The molecule has 0 bridgehead atoms. The number of benzene rings is 2. The molecule has 7 heteroatoms. The molecule has 31 heavy (non-hydrogen) atoms. The van der Waals surface area contributed by atoms with Crippen LogP contribution in [0.3, 0.4) is 0 Å². The molecule has 0 saturated carbocycles. The van der Waals surface area contributed by atoms with Gasteiger partial charge in [-0.1, -0.05) is 31.5 Å². The lowest BCUT2D eigenvalue weighted by Crippen LogP contribution is -2.36. The van der Waals surface area contributed by atoms with Crippen LogP contribution in [0.1, 0.15) is 65.7 Å². The maximum Gasteiger partial charge on any atom is 0.251 e. The van der Waals surface area contributed by atoms with Crippen molar-refractivity contribution in [3.8, 4) is 5.75 Å². The summed E-state index contributed by atoms with van der Waals surface area (Å²) >= 11 is 0. The summed E-state index contributed by atoms with van der Waals surface area (Å²) in [7, 11) is -1.98. The number of piperidine rings is 1. The van der Waals surface area contributed by atoms with Gasteiger partial charge in [0.2, 0.25) is 10.0 Å². The molecule has 0 aliphatic carbocycles. The Labute approximate surface area is 185 Å². The van der Waals surface area contributed by atoms with E-state index >= 15 is 0 Å². The third kappa shape index (κ3) is 5.10. The average Bonchev–Trinajstić information content (AvgIpc) is 2.78. The third-order valence-electron chi connectivity index (χ3n) is 5.92. The summed E-state index contributed by atoms with van der Waals surface area (Å²) in [5.41, 5.74) is 2.99. The number of amides is 1. The molecule has 6 nitrogen and oxygen atoms in total. The third-order valence-corrected chi connectivity index (χ3v) is 7.96. The van der Waals surface area contributed by atoms with Crippen LogP contribution in [-0.4, -0.2) is 38.8 Å². The van der Waals surface area contributed by atoms with E-state index in [-0.39, 0.29) is 16.8 Å². The molecule has 1 N–H and O–H groups in total. The molecule has 1 aliphatic rings. The zero-order valence-corrected chi connectivity index (χ0v) is 19.6. The summed E-state index contributed by atoms with van der Waals surface area (Å²) in [6.07, 6.45) is 3.51. The van der Waals surface area contributed by atoms with Crippen LogP contribution in [0.15, 0.2) is 41.3 Å². The summed E-state index contributed by atoms with van der Waals surface area (Å²) in [5.74, 6) is 0.520. The Kier molecular flexibility index (Phi) is 7.38. The van der Waals surface area contributed by atoms with Crippen molar-refractivity contribution in [1.82, 2.24) is 9.62 Å². The van der Waals surface area contributed by atoms with Crippen LogP contribution in [0.5, 0.6) is 5.75 Å². The second-order valence-corrected chi connectivity index (χ2v) is 10.0. The Morgan fingerprint density at radius 3 is 2.39 bits per heavy atom. The van der Waals surface area contributed by atoms with Crippen LogP contribution >= 0.6 is 0 Å². The Hall–Kier alpha value is -2.38. The first-order valence-corrected chi connectivity index (χ1v) is 12.3. The van der Waals surface area contributed by atoms with Gasteiger partial charge in [0, 0.05) is 18.7 Å². The van der Waals surface area contributed by atoms with Crippen LogP contribution in [0.2, 0.25) is 0 Å². The molecule has 0 spiro atoms. The molecule has 168 valence electrons. The zero-order chi connectivity index (χ0) is 22.6. The van der Waals surface area contributed by atoms with Gasteiger partial charge in [-0.15, -0.1) is 0 Å². The van der Waals surface area contributed by atoms with Crippen LogP contribution in [0.4, 0.5) is 0 Å². The monoisotopic (exact) mass is 444 g/mol. The number of rotatable bonds is 7. The smallest absolute Gasteiger partial charge is 0.251 e. The quantitative estimate of drug-likeness (QED) is 0.688. The number of carbonyl (C=O) groups excluding carboxylic acids is 1. The molecule has 1 saturated heterocycles. The highest BCUT2D eigenvalue weighted by Crippen LogP contribution is 2.26. The van der Waals surface area contributed by atoms with Crippen LogP contribution in [0, 0.1) is 13.8 Å². The number of nitrogens with zero attached hydrogens (tertiary/aromatic N) is 1. The predicted octanol–water partition coefficient (Wildman–Crippen LogP) is 4.37. The summed E-state index contributed by atoms with van der Waals surface area (Å²) in [6.45, 7) is 6.81. The van der Waals surface area contributed by atoms with Gasteiger partial charge in [-0.2, -0.15) is 4.31 Å². The summed E-state index contributed by atoms with van der Waals surface area (Å²) in [4.78, 5) is 13.2. The SMILES string of the molecule is CC[C@H](NC(=O)c1ccc(C)c(S(=O)(=O)N2CCCCC2)c1)c1ccc(OC)c(C)c1. The predicted molar refractivity (Wildman–Crippen MR) is 122 cm³/mol. The van der Waals surface area contributed by atoms with Crippen LogP contribution < -0.4 is 10.1 Å². The van der Waals surface area contributed by atoms with Crippen LogP contribution in [0.25, 0.3) is 0 Å². The molecule has 1 fully saturated rings. The molecule has 3 rings (SSSR count). The van der Waals surface area contributed by atoms with Gasteiger partial charge in [0.05, 0.1) is 18.0 Å². The van der Waals surface area contributed by atoms with Crippen molar-refractivity contribution in [1.29, 1.82) is 0 Å². The van der Waals surface area contributed by atoms with E-state index in [4.69, 9.17) is 4.74 Å². The highest BCUT2D eigenvalue weighted by Gasteiger charge is 2.28. The first-order valence-electron chi connectivity index (χ1n) is 10.8. The van der Waals surface area contributed by atoms with E-state index in [2.05, 4.69) is 5.32 Å². The number of carbonyl (C=O) groups is 1. The van der Waals surface area contributed by atoms with Crippen molar-refractivity contribution in [3.05, 3.63) is 58.7 Å². The number of sulfonamides is 1. The van der Waals surface area contributed by atoms with Gasteiger partial charge in [-0.3, -0.25) is 4.79 Å². The Morgan fingerprint density at radius 2 is 1.77 bits per heavy atom. The molecule has 2 aromatic carbocycles. The van der Waals surface area contributed by atoms with Crippen molar-refractivity contribution in [2.24, 2.45) is 0 Å². The first kappa shape index (κ1) is 23.3. The van der Waals surface area contributed by atoms with Gasteiger partial charge in [0.1, 0.15) is 5.75 Å². The fourth-order valence-electron chi connectivity index (χ4n) is 4.04. The Bertz CT molecular complexity index is 1040. The Balaban J connectivity index is 1.84. The summed E-state index contributed by atoms with van der Waals surface area (Å²) in [5, 5.41) is 3.05. The number of ether oxygens (including phenoxy) is 1. The number of hydrogen-bond acceptors (Lipinski definition) is 4. The van der Waals surface area contributed by atoms with Crippen LogP contribution in [-0.2, 0) is 10.0 Å². The van der Waals surface area contributed by atoms with E-state index in [1.54, 1.807) is 26.2 Å². The number of aryl methyl sites for hydroxylation is 2. The lowest BCUT2D eigenvalue weighted by molar-refractivity contribution is 0.0935. The highest BCUT2D eigenvalue weighted by molar-refractivity contribution is 7.89. The molecule has 0 aromatic heterocycles. The van der Waals surface area contributed by atoms with Gasteiger partial charge in [0.25, 0.3) is 5.91 Å². The minimum atomic E-state index is -3.61. The molecular weight excluding hydrogens is 412 g/mol. The minimum Gasteiger partial charge on any atom is -0.496 e. The van der Waals surface area contributed by atoms with Crippen molar-refractivity contribution in [2.45, 2.75) is 57.4 Å². The van der Waals surface area contributed by atoms with Gasteiger partial charge in [-0.25, -0.2) is 8.42 Å². The maximum absolute atomic E-state index is 13.2. The number of hydrogen-bond donors (Lipinski definition) is 1. The summed E-state index contributed by atoms with van der Waals surface area (Å²) < 4.78 is 33.2. The van der Waals surface area contributed by atoms with E-state index in [9.17, 15) is 13.2 Å². The lowest BCUT2D eigenvalue weighted by Gasteiger charge is -2.26. The second kappa shape index (κ2) is 9.83. The van der Waals surface area contributed by atoms with Gasteiger partial charge in [-0.05, 0) is 68.0 Å². The molecule has 1 aliphatic heterocycles. The van der Waals surface area contributed by atoms with Crippen molar-refractivity contribution in [2.75, 3.05) is 20.2 Å². The molecule has 1 heterocycles. The number of nitrogens with one attached hydrogen (secondary N) is 1. The molecule has 1 amide bonds. The van der Waals surface area contributed by atoms with E-state index in [1.807, 2.05) is 32.0 Å². The molecule has 2 aromatic rings. The molecule has 0 radical (unpaired) electrons. The van der Waals surface area contributed by atoms with Crippen molar-refractivity contribution >= 4 is 15.9 Å². The van der Waals surface area contributed by atoms with E-state index in [1.165, 1.54) is 10.4 Å². The molecule has 1 atom stereocenters. The maximum atomic E-state index is 13.2. The van der Waals surface area contributed by atoms with Crippen molar-refractivity contribution < 1.29 is 17.9 Å². The standard InChI is InChI=1S/C24H32N2O4S/c1-5-21(19-11-12-22(30-4)18(3)15-19)25-24(27)20-10-9-17(2)23(16-20)31(28,29)26-13-7-6-8-14-26/h9-12,15-16,21H,5-8,13-14H2,1-4H3,(H,25,27)/t21-/m0/s1. The summed E-state index contributed by atoms with van der Waals surface area (Å²) in [6, 6.07) is 10.6. The van der Waals surface area contributed by atoms with E-state index in [0.717, 1.165) is 36.1 Å². The average molecular weight is 445 g/mol. The van der Waals surface area contributed by atoms with Crippen molar-refractivity contribution in [3.63, 3.8) is 0 Å². The van der Waals surface area contributed by atoms with Gasteiger partial charge < -0.3 is 10.1 Å². The fourth-order valence-corrected chi connectivity index (χ4v) is 5.81. The molecular formula is C24H32N2O4S. The fraction of sp³-hybridized carbons (Fsp3) is 0.458. The normalized spacial score (nSPS) is 16.0. The first-order chi connectivity index (χ1) is 14.8. The van der Waals surface area contributed by atoms with Gasteiger partial charge in [0.15, 0.2) is 0 Å².